The molecule has 5 aromatic rings. The van der Waals surface area contributed by atoms with Crippen LogP contribution in [0.25, 0.3) is 11.6 Å². The summed E-state index contributed by atoms with van der Waals surface area (Å²) in [7, 11) is 1.27. The number of nitrogens with zero attached hydrogens (tertiary/aromatic N) is 12. The predicted molar refractivity (Wildman–Crippen MR) is 180 cm³/mol. The molecular weight excluding hydrogens is 648 g/mol. The van der Waals surface area contributed by atoms with Gasteiger partial charge in [-0.15, -0.1) is 20.5 Å². The molecule has 0 aliphatic heterocycles. The normalized spacial score (nSPS) is 11.7. The van der Waals surface area contributed by atoms with E-state index in [0.29, 0.717) is 52.9 Å². The lowest BCUT2D eigenvalue weighted by atomic mass is 10.1. The Balaban J connectivity index is 1.54. The van der Waals surface area contributed by atoms with Gasteiger partial charge in [0.1, 0.15) is 18.5 Å². The van der Waals surface area contributed by atoms with Gasteiger partial charge in [-0.05, 0) is 39.5 Å². The number of azo groups is 2. The first-order valence-corrected chi connectivity index (χ1v) is 15.9. The second-order valence-corrected chi connectivity index (χ2v) is 11.2. The molecule has 5 heterocycles. The number of Topliss-reactive ketones (excluding diaryl/α,β-unsaturated/α-hetero) is 1. The number of rotatable bonds is 15. The summed E-state index contributed by atoms with van der Waals surface area (Å²) in [6.07, 6.45) is 5.80. The van der Waals surface area contributed by atoms with Crippen LogP contribution in [0.15, 0.2) is 32.9 Å². The first kappa shape index (κ1) is 35.1. The number of H-pyrrole nitrogens is 2. The molecule has 7 N–H and O–H groups in total. The minimum atomic E-state index is -0.702. The van der Waals surface area contributed by atoms with E-state index in [1.54, 1.807) is 19.9 Å². The van der Waals surface area contributed by atoms with E-state index in [-0.39, 0.29) is 40.1 Å². The third-order valence-electron chi connectivity index (χ3n) is 7.70. The van der Waals surface area contributed by atoms with Crippen LogP contribution >= 0.6 is 0 Å². The lowest BCUT2D eigenvalue weighted by Gasteiger charge is -2.06. The number of methoxy groups -OCH3 is 1. The fourth-order valence-electron chi connectivity index (χ4n) is 5.05. The maximum absolute atomic E-state index is 12.3. The first-order valence-electron chi connectivity index (χ1n) is 15.9. The van der Waals surface area contributed by atoms with Crippen molar-refractivity contribution < 1.29 is 19.4 Å². The second-order valence-electron chi connectivity index (χ2n) is 11.2. The number of aryl methyl sites for hydroxylation is 4. The monoisotopic (exact) mass is 686 g/mol. The smallest absolute Gasteiger partial charge is 0.343 e. The molecule has 20 nitrogen and oxygen atoms in total. The van der Waals surface area contributed by atoms with Crippen molar-refractivity contribution in [1.82, 2.24) is 49.9 Å². The molecule has 0 saturated carbocycles. The minimum absolute atomic E-state index is 0.0876. The topological polar surface area (TPSA) is 284 Å². The number of aromatic nitrogens is 10. The summed E-state index contributed by atoms with van der Waals surface area (Å²) < 4.78 is 7.69. The van der Waals surface area contributed by atoms with Gasteiger partial charge in [0.15, 0.2) is 52.1 Å². The molecule has 0 bridgehead atoms. The Kier molecular flexibility index (Phi) is 10.8. The molecule has 0 aromatic carbocycles. The molecule has 50 heavy (non-hydrogen) atoms. The zero-order valence-electron chi connectivity index (χ0n) is 28.3. The Morgan fingerprint density at radius 1 is 0.820 bits per heavy atom. The largest absolute Gasteiger partial charge is 0.465 e. The SMILES string of the molecule is CCCCc1nn(-c2cc(-n3nc(CCCC)c(N=Nc4[nH]nc(C)c4C(=O)OC)c3N)ncn2)c(N)c1N=Nc1[nH]nc(C)c1C(=O)CO. The van der Waals surface area contributed by atoms with E-state index in [1.807, 2.05) is 6.92 Å². The van der Waals surface area contributed by atoms with Gasteiger partial charge >= 0.3 is 5.97 Å². The summed E-state index contributed by atoms with van der Waals surface area (Å²) in [5.41, 5.74) is 16.0. The van der Waals surface area contributed by atoms with Gasteiger partial charge in [0.05, 0.1) is 35.4 Å². The standard InChI is InChI=1S/C30H38N16O4/c1-6-8-10-17-24(37-41-28-22(19(48)13-47)15(3)35-39-28)26(31)45(43-17)20-12-21(34-14-33-20)46-27(32)25(18(44-46)11-9-7-2)38-42-29-23(30(49)50-5)16(4)36-40-29/h12,14,47H,6-11,13,31-32H2,1-5H3,(H,35,39)(H,36,40). The number of unbranched alkanes of at least 4 members (excludes halogenated alkanes) is 2. The number of anilines is 2. The zero-order valence-corrected chi connectivity index (χ0v) is 28.3. The van der Waals surface area contributed by atoms with Gasteiger partial charge in [0, 0.05) is 6.07 Å². The van der Waals surface area contributed by atoms with Gasteiger partial charge in [0.2, 0.25) is 0 Å². The highest BCUT2D eigenvalue weighted by atomic mass is 16.5. The fourth-order valence-corrected chi connectivity index (χ4v) is 5.05. The van der Waals surface area contributed by atoms with Crippen LogP contribution in [0.3, 0.4) is 0 Å². The summed E-state index contributed by atoms with van der Waals surface area (Å²) in [5, 5.41) is 49.4. The summed E-state index contributed by atoms with van der Waals surface area (Å²) in [6.45, 7) is 6.66. The number of aliphatic hydroxyl groups excluding tert-OH is 1. The highest BCUT2D eigenvalue weighted by Crippen LogP contribution is 2.35. The number of carbonyl (C=O) groups is 2. The summed E-state index contributed by atoms with van der Waals surface area (Å²) in [6, 6.07) is 1.60. The molecule has 0 spiro atoms. The van der Waals surface area contributed by atoms with Crippen molar-refractivity contribution in [2.24, 2.45) is 20.5 Å². The third kappa shape index (κ3) is 6.99. The summed E-state index contributed by atoms with van der Waals surface area (Å²) >= 11 is 0. The number of carbonyl (C=O) groups excluding carboxylic acids is 2. The van der Waals surface area contributed by atoms with Crippen molar-refractivity contribution >= 4 is 46.4 Å². The number of ether oxygens (including phenoxy) is 1. The molecule has 0 radical (unpaired) electrons. The number of hydrogen-bond acceptors (Lipinski definition) is 16. The van der Waals surface area contributed by atoms with Crippen LogP contribution < -0.4 is 11.5 Å². The van der Waals surface area contributed by atoms with Gasteiger partial charge < -0.3 is 21.3 Å². The van der Waals surface area contributed by atoms with E-state index in [2.05, 4.69) is 57.7 Å². The molecule has 5 rings (SSSR count). The van der Waals surface area contributed by atoms with Crippen molar-refractivity contribution in [2.45, 2.75) is 66.2 Å². The van der Waals surface area contributed by atoms with Crippen molar-refractivity contribution in [3.05, 3.63) is 46.3 Å². The van der Waals surface area contributed by atoms with E-state index < -0.39 is 18.4 Å². The predicted octanol–water partition coefficient (Wildman–Crippen LogP) is 4.55. The zero-order chi connectivity index (χ0) is 35.9. The Bertz CT molecular complexity index is 1930. The van der Waals surface area contributed by atoms with Crippen LogP contribution in [0.1, 0.15) is 83.0 Å². The van der Waals surface area contributed by atoms with Gasteiger partial charge in [-0.1, -0.05) is 26.7 Å². The van der Waals surface area contributed by atoms with Crippen LogP contribution in [0.5, 0.6) is 0 Å². The first-order chi connectivity index (χ1) is 24.1. The minimum Gasteiger partial charge on any atom is -0.465 e. The van der Waals surface area contributed by atoms with Crippen molar-refractivity contribution in [1.29, 1.82) is 0 Å². The highest BCUT2D eigenvalue weighted by Gasteiger charge is 2.23. The molecule has 262 valence electrons. The third-order valence-corrected chi connectivity index (χ3v) is 7.70. The van der Waals surface area contributed by atoms with Gasteiger partial charge in [-0.2, -0.15) is 29.8 Å². The van der Waals surface area contributed by atoms with Crippen molar-refractivity contribution in [3.63, 3.8) is 0 Å². The molecule has 0 aliphatic carbocycles. The number of esters is 1. The highest BCUT2D eigenvalue weighted by molar-refractivity contribution is 6.01. The van der Waals surface area contributed by atoms with Gasteiger partial charge in [-0.3, -0.25) is 15.0 Å². The van der Waals surface area contributed by atoms with Crippen LogP contribution in [-0.2, 0) is 17.6 Å². The maximum atomic E-state index is 12.3. The molecular formula is C30H38N16O4. The summed E-state index contributed by atoms with van der Waals surface area (Å²) in [5.74, 6) is -0.0646. The Labute approximate surface area is 285 Å². The van der Waals surface area contributed by atoms with E-state index in [4.69, 9.17) is 26.4 Å². The second kappa shape index (κ2) is 15.4. The Morgan fingerprint density at radius 2 is 1.30 bits per heavy atom. The fraction of sp³-hybridized carbons (Fsp3) is 0.400. The molecule has 0 aliphatic rings. The number of aromatic amines is 2. The maximum Gasteiger partial charge on any atom is 0.343 e. The number of aliphatic hydroxyl groups is 1. The van der Waals surface area contributed by atoms with Gasteiger partial charge in [0.25, 0.3) is 0 Å². The van der Waals surface area contributed by atoms with Crippen LogP contribution in [-0.4, -0.2) is 80.5 Å². The number of nitrogen functional groups attached to an aromatic ring is 2. The Hall–Kier alpha value is -6.18. The van der Waals surface area contributed by atoms with Crippen LogP contribution in [0.2, 0.25) is 0 Å². The lowest BCUT2D eigenvalue weighted by molar-refractivity contribution is 0.0600. The lowest BCUT2D eigenvalue weighted by Crippen LogP contribution is -2.09. The average Bonchev–Trinajstić information content (AvgIpc) is 3.86. The van der Waals surface area contributed by atoms with E-state index in [0.717, 1.165) is 25.7 Å². The molecule has 0 fully saturated rings. The molecule has 0 amide bonds. The molecule has 0 saturated heterocycles. The van der Waals surface area contributed by atoms with Crippen molar-refractivity contribution in [3.8, 4) is 11.6 Å². The molecule has 20 heteroatoms. The summed E-state index contributed by atoms with van der Waals surface area (Å²) in [4.78, 5) is 33.4. The average molecular weight is 687 g/mol. The number of hydrogen-bond donors (Lipinski definition) is 5. The van der Waals surface area contributed by atoms with E-state index in [1.165, 1.54) is 22.8 Å². The molecule has 0 unspecified atom stereocenters. The van der Waals surface area contributed by atoms with Crippen LogP contribution in [0.4, 0.5) is 34.6 Å². The number of ketones is 1. The van der Waals surface area contributed by atoms with Gasteiger partial charge in [-0.25, -0.2) is 14.8 Å². The molecule has 5 aromatic heterocycles. The number of nitrogens with two attached hydrogens (primary N) is 2. The quantitative estimate of drug-likeness (QED) is 0.0576. The van der Waals surface area contributed by atoms with E-state index in [9.17, 15) is 14.7 Å². The Morgan fingerprint density at radius 3 is 1.76 bits per heavy atom. The van der Waals surface area contributed by atoms with E-state index >= 15 is 0 Å². The van der Waals surface area contributed by atoms with Crippen molar-refractivity contribution in [2.75, 3.05) is 25.2 Å². The number of nitrogens with one attached hydrogen (secondary N) is 2. The van der Waals surface area contributed by atoms with Crippen LogP contribution in [0, 0.1) is 13.8 Å². The molecule has 0 atom stereocenters.